The van der Waals surface area contributed by atoms with Crippen molar-refractivity contribution < 1.29 is 9.59 Å². The van der Waals surface area contributed by atoms with Crippen LogP contribution in [0.25, 0.3) is 5.69 Å². The monoisotopic (exact) mass is 412 g/mol. The number of hydrogen-bond acceptors (Lipinski definition) is 4. The summed E-state index contributed by atoms with van der Waals surface area (Å²) in [6, 6.07) is 6.22. The minimum Gasteiger partial charge on any atom is -0.345 e. The minimum absolute atomic E-state index is 0.0764. The normalized spacial score (nSPS) is 20.9. The van der Waals surface area contributed by atoms with E-state index in [4.69, 9.17) is 5.10 Å². The van der Waals surface area contributed by atoms with Crippen molar-refractivity contribution in [3.8, 4) is 5.69 Å². The van der Waals surface area contributed by atoms with Crippen molar-refractivity contribution in [1.29, 1.82) is 0 Å². The summed E-state index contributed by atoms with van der Waals surface area (Å²) < 4.78 is 1.79. The van der Waals surface area contributed by atoms with Gasteiger partial charge < -0.3 is 10.6 Å². The predicted octanol–water partition coefficient (Wildman–Crippen LogP) is 3.87. The van der Waals surface area contributed by atoms with E-state index in [0.717, 1.165) is 53.3 Å². The molecule has 2 amide bonds. The fourth-order valence-corrected chi connectivity index (χ4v) is 5.32. The lowest BCUT2D eigenvalue weighted by Crippen LogP contribution is -2.46. The molecule has 6 nitrogen and oxygen atoms in total. The lowest BCUT2D eigenvalue weighted by Gasteiger charge is -2.29. The van der Waals surface area contributed by atoms with Crippen LogP contribution < -0.4 is 10.6 Å². The van der Waals surface area contributed by atoms with Gasteiger partial charge in [0, 0.05) is 23.1 Å². The third-order valence-corrected chi connectivity index (χ3v) is 6.97. The Labute approximate surface area is 175 Å². The van der Waals surface area contributed by atoms with Crippen LogP contribution in [0, 0.1) is 19.8 Å². The molecule has 2 N–H and O–H groups in total. The lowest BCUT2D eigenvalue weighted by molar-refractivity contribution is -0.137. The average Bonchev–Trinajstić information content (AvgIpc) is 3.26. The summed E-state index contributed by atoms with van der Waals surface area (Å²) in [6.07, 6.45) is 4.32. The van der Waals surface area contributed by atoms with Crippen molar-refractivity contribution in [3.63, 3.8) is 0 Å². The third-order valence-electron chi connectivity index (χ3n) is 6.00. The molecule has 2 aromatic rings. The first kappa shape index (κ1) is 20.0. The third kappa shape index (κ3) is 4.06. The van der Waals surface area contributed by atoms with Gasteiger partial charge in [-0.1, -0.05) is 37.5 Å². The van der Waals surface area contributed by atoms with Crippen molar-refractivity contribution >= 4 is 29.4 Å². The number of thioether (sulfide) groups is 1. The number of carbonyl (C=O) groups excluding carboxylic acids is 2. The molecule has 0 radical (unpaired) electrons. The molecule has 0 bridgehead atoms. The van der Waals surface area contributed by atoms with Gasteiger partial charge in [-0.15, -0.1) is 0 Å². The second-order valence-electron chi connectivity index (χ2n) is 8.26. The SMILES string of the molecule is Cc1ccc(-n2nc3c(c2NC(=O)C(=O)N[C@H]2CCCC[C@H]2C)CSC3)c(C)c1. The Hall–Kier alpha value is -2.28. The van der Waals surface area contributed by atoms with Crippen molar-refractivity contribution in [2.45, 2.75) is 64.0 Å². The Balaban J connectivity index is 1.58. The van der Waals surface area contributed by atoms with Gasteiger partial charge in [-0.25, -0.2) is 4.68 Å². The zero-order valence-electron chi connectivity index (χ0n) is 17.2. The number of nitrogens with one attached hydrogen (secondary N) is 2. The first-order chi connectivity index (χ1) is 13.9. The summed E-state index contributed by atoms with van der Waals surface area (Å²) in [5.41, 5.74) is 5.17. The van der Waals surface area contributed by atoms with Gasteiger partial charge in [-0.3, -0.25) is 9.59 Å². The van der Waals surface area contributed by atoms with Crippen LogP contribution in [-0.4, -0.2) is 27.6 Å². The van der Waals surface area contributed by atoms with E-state index >= 15 is 0 Å². The molecule has 0 saturated heterocycles. The molecule has 29 heavy (non-hydrogen) atoms. The van der Waals surface area contributed by atoms with Gasteiger partial charge >= 0.3 is 11.8 Å². The zero-order valence-corrected chi connectivity index (χ0v) is 18.1. The van der Waals surface area contributed by atoms with Crippen LogP contribution in [-0.2, 0) is 21.1 Å². The molecule has 2 heterocycles. The number of carbonyl (C=O) groups is 2. The highest BCUT2D eigenvalue weighted by molar-refractivity contribution is 7.98. The smallest absolute Gasteiger partial charge is 0.314 e. The van der Waals surface area contributed by atoms with Gasteiger partial charge in [0.2, 0.25) is 0 Å². The van der Waals surface area contributed by atoms with Crippen LogP contribution in [0.4, 0.5) is 5.82 Å². The first-order valence-corrected chi connectivity index (χ1v) is 11.5. The van der Waals surface area contributed by atoms with Gasteiger partial charge in [0.15, 0.2) is 0 Å². The average molecular weight is 413 g/mol. The topological polar surface area (TPSA) is 76.0 Å². The molecule has 7 heteroatoms. The van der Waals surface area contributed by atoms with Crippen molar-refractivity contribution in [2.24, 2.45) is 5.92 Å². The van der Waals surface area contributed by atoms with E-state index < -0.39 is 11.8 Å². The second kappa shape index (κ2) is 8.22. The summed E-state index contributed by atoms with van der Waals surface area (Å²) in [6.45, 7) is 6.23. The molecule has 1 aliphatic heterocycles. The zero-order chi connectivity index (χ0) is 20.5. The summed E-state index contributed by atoms with van der Waals surface area (Å²) >= 11 is 1.77. The molecular formula is C22H28N4O2S. The molecule has 0 unspecified atom stereocenters. The minimum atomic E-state index is -0.617. The number of amides is 2. The van der Waals surface area contributed by atoms with Crippen LogP contribution in [0.5, 0.6) is 0 Å². The first-order valence-electron chi connectivity index (χ1n) is 10.3. The Morgan fingerprint density at radius 2 is 1.93 bits per heavy atom. The van der Waals surface area contributed by atoms with Gasteiger partial charge in [0.05, 0.1) is 11.4 Å². The summed E-state index contributed by atoms with van der Waals surface area (Å²) in [4.78, 5) is 25.3. The number of nitrogens with zero attached hydrogens (tertiary/aromatic N) is 2. The van der Waals surface area contributed by atoms with Gasteiger partial charge in [-0.2, -0.15) is 16.9 Å². The Morgan fingerprint density at radius 1 is 1.14 bits per heavy atom. The molecule has 1 aromatic heterocycles. The van der Waals surface area contributed by atoms with E-state index in [1.807, 2.05) is 19.1 Å². The number of rotatable bonds is 3. The second-order valence-corrected chi connectivity index (χ2v) is 9.25. The van der Waals surface area contributed by atoms with E-state index in [1.54, 1.807) is 16.4 Å². The Bertz CT molecular complexity index is 953. The van der Waals surface area contributed by atoms with Crippen LogP contribution in [0.15, 0.2) is 18.2 Å². The molecule has 1 fully saturated rings. The van der Waals surface area contributed by atoms with Gasteiger partial charge in [-0.05, 0) is 44.2 Å². The van der Waals surface area contributed by atoms with Crippen LogP contribution in [0.1, 0.15) is 55.0 Å². The van der Waals surface area contributed by atoms with E-state index in [-0.39, 0.29) is 6.04 Å². The largest absolute Gasteiger partial charge is 0.345 e. The van der Waals surface area contributed by atoms with Crippen molar-refractivity contribution in [1.82, 2.24) is 15.1 Å². The molecule has 1 aromatic carbocycles. The molecule has 2 atom stereocenters. The number of fused-ring (bicyclic) bond motifs is 1. The number of benzene rings is 1. The quantitative estimate of drug-likeness (QED) is 0.751. The molecule has 154 valence electrons. The summed E-state index contributed by atoms with van der Waals surface area (Å²) in [5.74, 6) is 1.46. The summed E-state index contributed by atoms with van der Waals surface area (Å²) in [5, 5.41) is 10.6. The Morgan fingerprint density at radius 3 is 2.69 bits per heavy atom. The van der Waals surface area contributed by atoms with Crippen molar-refractivity contribution in [3.05, 3.63) is 40.6 Å². The number of hydrogen-bond donors (Lipinski definition) is 2. The van der Waals surface area contributed by atoms with Gasteiger partial charge in [0.1, 0.15) is 5.82 Å². The molecule has 1 aliphatic carbocycles. The van der Waals surface area contributed by atoms with E-state index in [2.05, 4.69) is 30.5 Å². The standard InChI is InChI=1S/C22H28N4O2S/c1-13-8-9-19(15(3)10-13)26-20(16-11-29-12-18(16)25-26)24-22(28)21(27)23-17-7-5-4-6-14(17)2/h8-10,14,17H,4-7,11-12H2,1-3H3,(H,23,27)(H,24,28)/t14-,17+/m1/s1. The summed E-state index contributed by atoms with van der Waals surface area (Å²) in [7, 11) is 0. The lowest BCUT2D eigenvalue weighted by atomic mass is 9.86. The van der Waals surface area contributed by atoms with Gasteiger partial charge in [0.25, 0.3) is 0 Å². The molecular weight excluding hydrogens is 384 g/mol. The number of aromatic nitrogens is 2. The fraction of sp³-hybridized carbons (Fsp3) is 0.500. The number of aryl methyl sites for hydroxylation is 2. The maximum absolute atomic E-state index is 12.7. The van der Waals surface area contributed by atoms with E-state index in [0.29, 0.717) is 11.7 Å². The molecule has 2 aliphatic rings. The fourth-order valence-electron chi connectivity index (χ4n) is 4.29. The van der Waals surface area contributed by atoms with Crippen LogP contribution in [0.3, 0.4) is 0 Å². The van der Waals surface area contributed by atoms with Crippen LogP contribution >= 0.6 is 11.8 Å². The highest BCUT2D eigenvalue weighted by atomic mass is 32.2. The van der Waals surface area contributed by atoms with Crippen molar-refractivity contribution in [2.75, 3.05) is 5.32 Å². The Kier molecular flexibility index (Phi) is 5.67. The van der Waals surface area contributed by atoms with E-state index in [9.17, 15) is 9.59 Å². The van der Waals surface area contributed by atoms with Crippen LogP contribution in [0.2, 0.25) is 0 Å². The maximum Gasteiger partial charge on any atom is 0.314 e. The number of anilines is 1. The van der Waals surface area contributed by atoms with E-state index in [1.165, 1.54) is 12.0 Å². The molecule has 0 spiro atoms. The molecule has 4 rings (SSSR count). The maximum atomic E-state index is 12.7. The molecule has 1 saturated carbocycles. The predicted molar refractivity (Wildman–Crippen MR) is 116 cm³/mol. The highest BCUT2D eigenvalue weighted by Crippen LogP contribution is 2.36. The highest BCUT2D eigenvalue weighted by Gasteiger charge is 2.29.